The number of nitrogens with two attached hydrogens (primary N) is 1. The minimum Gasteiger partial charge on any atom is -0.477 e. The summed E-state index contributed by atoms with van der Waals surface area (Å²) in [6.07, 6.45) is -5.23. The molecule has 4 N–H and O–H groups in total. The molecule has 18 nitrogen and oxygen atoms in total. The van der Waals surface area contributed by atoms with Crippen LogP contribution in [0.2, 0.25) is 0 Å². The molecule has 0 bridgehead atoms. The number of alkyl halides is 6. The number of carboxylic acids is 2. The Morgan fingerprint density at radius 1 is 0.475 bits per heavy atom. The molecular formula is C65H45Br5F11N9O9. The van der Waals surface area contributed by atoms with Crippen LogP contribution in [0.25, 0.3) is 45.7 Å². The van der Waals surface area contributed by atoms with Crippen LogP contribution in [0.4, 0.5) is 48.3 Å². The number of rotatable bonds is 12. The Bertz CT molecular complexity index is 4800. The van der Waals surface area contributed by atoms with E-state index in [1.165, 1.54) is 78.7 Å². The molecule has 0 radical (unpaired) electrons. The molecule has 0 saturated carbocycles. The molecule has 0 aliphatic rings. The van der Waals surface area contributed by atoms with E-state index < -0.39 is 64.5 Å². The maximum atomic E-state index is 14.2. The molecule has 0 aliphatic heterocycles. The van der Waals surface area contributed by atoms with Gasteiger partial charge < -0.3 is 29.2 Å². The van der Waals surface area contributed by atoms with Gasteiger partial charge in [0.25, 0.3) is 0 Å². The Morgan fingerprint density at radius 2 is 0.889 bits per heavy atom. The first-order valence-corrected chi connectivity index (χ1v) is 31.7. The molecular weight excluding hydrogens is 1660 g/mol. The number of aromatic nitrogens is 8. The largest absolute Gasteiger partial charge is 0.477 e. The third kappa shape index (κ3) is 19.7. The number of aryl methyl sites for hydroxylation is 2. The second kappa shape index (κ2) is 33.9. The van der Waals surface area contributed by atoms with Crippen LogP contribution >= 0.6 is 79.6 Å². The van der Waals surface area contributed by atoms with Gasteiger partial charge in [0, 0.05) is 35.6 Å². The van der Waals surface area contributed by atoms with E-state index in [0.717, 1.165) is 22.5 Å². The summed E-state index contributed by atoms with van der Waals surface area (Å²) >= 11 is 15.2. The fraction of sp³-hybridized carbons (Fsp3) is 0.108. The molecule has 7 heterocycles. The van der Waals surface area contributed by atoms with Crippen LogP contribution in [0.15, 0.2) is 206 Å². The van der Waals surface area contributed by atoms with E-state index in [1.54, 1.807) is 84.6 Å². The highest BCUT2D eigenvalue weighted by atomic mass is 79.9. The summed E-state index contributed by atoms with van der Waals surface area (Å²) in [7, 11) is 0. The van der Waals surface area contributed by atoms with Crippen molar-refractivity contribution in [3.8, 4) is 45.7 Å². The van der Waals surface area contributed by atoms with Crippen LogP contribution < -0.4 is 5.73 Å². The molecule has 0 spiro atoms. The number of carbonyl (C=O) groups excluding carboxylic acids is 2. The van der Waals surface area contributed by atoms with Gasteiger partial charge in [-0.3, -0.25) is 9.59 Å². The number of furan rings is 3. The van der Waals surface area contributed by atoms with Crippen LogP contribution in [-0.2, 0) is 23.7 Å². The van der Waals surface area contributed by atoms with Gasteiger partial charge >= 0.3 is 24.3 Å². The lowest BCUT2D eigenvalue weighted by Gasteiger charge is -2.08. The van der Waals surface area contributed by atoms with Gasteiger partial charge in [-0.2, -0.15) is 46.7 Å². The lowest BCUT2D eigenvalue weighted by Crippen LogP contribution is -2.10. The summed E-state index contributed by atoms with van der Waals surface area (Å²) in [5.41, 5.74) is 4.56. The molecule has 34 heteroatoms. The second-order valence-electron chi connectivity index (χ2n) is 19.9. The van der Waals surface area contributed by atoms with Gasteiger partial charge in [-0.1, -0.05) is 36.4 Å². The minimum absolute atomic E-state index is 0.00863. The van der Waals surface area contributed by atoms with E-state index in [1.807, 2.05) is 19.1 Å². The summed E-state index contributed by atoms with van der Waals surface area (Å²) in [4.78, 5) is 43.2. The summed E-state index contributed by atoms with van der Waals surface area (Å²) in [5, 5.41) is 32.5. The zero-order valence-electron chi connectivity index (χ0n) is 50.5. The zero-order valence-corrected chi connectivity index (χ0v) is 58.5. The molecule has 12 rings (SSSR count). The third-order valence-corrected chi connectivity index (χ3v) is 15.9. The fourth-order valence-electron chi connectivity index (χ4n) is 8.33. The first kappa shape index (κ1) is 77.0. The average Bonchev–Trinajstić information content (AvgIpc) is 1.66. The van der Waals surface area contributed by atoms with Crippen LogP contribution in [0.3, 0.4) is 0 Å². The number of ketones is 2. The van der Waals surface area contributed by atoms with Crippen molar-refractivity contribution in [2.45, 2.75) is 46.1 Å². The summed E-state index contributed by atoms with van der Waals surface area (Å²) < 4.78 is 166. The number of halogens is 16. The number of aromatic carboxylic acids is 2. The van der Waals surface area contributed by atoms with E-state index in [4.69, 9.17) is 29.2 Å². The van der Waals surface area contributed by atoms with Gasteiger partial charge in [-0.15, -0.1) is 0 Å². The molecule has 7 aromatic heterocycles. The average molecular weight is 1700 g/mol. The van der Waals surface area contributed by atoms with Crippen LogP contribution in [0, 0.1) is 42.9 Å². The van der Waals surface area contributed by atoms with Crippen molar-refractivity contribution in [2.24, 2.45) is 5.73 Å². The monoisotopic (exact) mass is 1700 g/mol. The van der Waals surface area contributed by atoms with E-state index >= 15 is 0 Å². The molecule has 5 aromatic carbocycles. The van der Waals surface area contributed by atoms with E-state index in [2.05, 4.69) is 100 Å². The first-order valence-electron chi connectivity index (χ1n) is 27.7. The highest BCUT2D eigenvalue weighted by molar-refractivity contribution is 9.11. The van der Waals surface area contributed by atoms with Crippen molar-refractivity contribution in [3.63, 3.8) is 0 Å². The Hall–Kier alpha value is -9.35. The van der Waals surface area contributed by atoms with Gasteiger partial charge in [0.1, 0.15) is 45.7 Å². The second-order valence-corrected chi connectivity index (χ2v) is 24.1. The fourth-order valence-corrected chi connectivity index (χ4v) is 10.2. The quantitative estimate of drug-likeness (QED) is 0.0585. The lowest BCUT2D eigenvalue weighted by atomic mass is 10.2. The highest BCUT2D eigenvalue weighted by Gasteiger charge is 2.38. The SMILES string of the molecule is CC(=O)CC(=O)c1ccco1.Cc1cc(-c2ccco2)nn1-c1cccc(Br)c1F.Cc1cc(C(=O)O)nn1-c1cccc(Br)c1F.Fc1c(Br)cccc1-n1nc(C(F)(F)F)cc1-c1ccco1.NCc1cccc(Br)c1F.O=C(O)c1cc(C(F)(F)F)nn1-c1cccc(Br)c1F. The summed E-state index contributed by atoms with van der Waals surface area (Å²) in [6, 6.07) is 37.2. The van der Waals surface area contributed by atoms with Crippen molar-refractivity contribution in [3.05, 3.63) is 267 Å². The molecule has 0 atom stereocenters. The number of Topliss-reactive ketones (excluding diaryl/α,β-unsaturated/α-hetero) is 2. The van der Waals surface area contributed by atoms with Crippen molar-refractivity contribution < 1.29 is 90.9 Å². The molecule has 0 fully saturated rings. The zero-order chi connectivity index (χ0) is 72.8. The molecule has 12 aromatic rings. The third-order valence-electron chi connectivity index (χ3n) is 12.9. The van der Waals surface area contributed by atoms with Crippen LogP contribution in [0.1, 0.15) is 73.2 Å². The predicted molar refractivity (Wildman–Crippen MR) is 354 cm³/mol. The molecule has 99 heavy (non-hydrogen) atoms. The Balaban J connectivity index is 0.000000170. The van der Waals surface area contributed by atoms with Crippen LogP contribution in [0.5, 0.6) is 0 Å². The minimum atomic E-state index is -4.82. The summed E-state index contributed by atoms with van der Waals surface area (Å²) in [6.45, 7) is 5.16. The number of nitrogens with zero attached hydrogens (tertiary/aromatic N) is 8. The Labute approximate surface area is 594 Å². The summed E-state index contributed by atoms with van der Waals surface area (Å²) in [5.74, 6) is -4.82. The topological polar surface area (TPSA) is 245 Å². The van der Waals surface area contributed by atoms with Gasteiger partial charge in [-0.05, 0) is 204 Å². The molecule has 0 aliphatic carbocycles. The van der Waals surface area contributed by atoms with Gasteiger partial charge in [0.15, 0.2) is 63.3 Å². The molecule has 0 amide bonds. The van der Waals surface area contributed by atoms with E-state index in [-0.39, 0.29) is 79.4 Å². The maximum Gasteiger partial charge on any atom is 0.435 e. The van der Waals surface area contributed by atoms with E-state index in [9.17, 15) is 67.5 Å². The Morgan fingerprint density at radius 3 is 1.30 bits per heavy atom. The molecule has 516 valence electrons. The van der Waals surface area contributed by atoms with Gasteiger partial charge in [0.05, 0.1) is 47.6 Å². The smallest absolute Gasteiger partial charge is 0.435 e. The van der Waals surface area contributed by atoms with Crippen molar-refractivity contribution >= 4 is 103 Å². The molecule has 0 unspecified atom stereocenters. The molecule has 0 saturated heterocycles. The normalized spacial score (nSPS) is 10.9. The number of carbonyl (C=O) groups is 4. The van der Waals surface area contributed by atoms with E-state index in [0.29, 0.717) is 52.6 Å². The highest BCUT2D eigenvalue weighted by Crippen LogP contribution is 2.36. The van der Waals surface area contributed by atoms with Crippen molar-refractivity contribution in [1.82, 2.24) is 39.1 Å². The van der Waals surface area contributed by atoms with Gasteiger partial charge in [-0.25, -0.2) is 50.3 Å². The van der Waals surface area contributed by atoms with Crippen LogP contribution in [-0.4, -0.2) is 72.8 Å². The number of hydrogen-bond acceptors (Lipinski definition) is 12. The number of carboxylic acid groups (broad SMARTS) is 2. The standard InChI is InChI=1S/C14H7BrF4N2O.C14H10BrFN2O.C11H5BrF4N2O2.C11H8BrFN2O2.C8H8O3.C7H7BrFN/c15-8-3-1-4-9(13(8)16)21-10(11-5-2-6-22-11)7-12(20-21)14(17,18)19;1-9-8-11(13-6-3-7-19-13)17-18(9)12-5-2-4-10(15)14(12)16;12-5-2-1-3-6(9(5)13)18-7(10(19)20)4-8(17-18)11(14,15)16;1-6-5-8(11(16)17)14-15(6)9-4-2-3-7(12)10(9)13;1-6(9)5-7(10)8-3-2-4-11-8;8-6-3-1-2-5(4-10)7(6)9/h1-7H;2-8H,1H3;1-4H,(H,19,20);2-5H,1H3,(H,16,17);2-4H,5H2,1H3;1-3H,4,10H2. The van der Waals surface area contributed by atoms with Gasteiger partial charge in [0.2, 0.25) is 5.78 Å². The maximum absolute atomic E-state index is 14.2. The Kier molecular flexibility index (Phi) is 26.4. The number of benzene rings is 5. The van der Waals surface area contributed by atoms with Crippen molar-refractivity contribution in [2.75, 3.05) is 0 Å². The number of hydrogen-bond donors (Lipinski definition) is 3. The first-order chi connectivity index (χ1) is 46.7. The lowest BCUT2D eigenvalue weighted by molar-refractivity contribution is -0.142. The predicted octanol–water partition coefficient (Wildman–Crippen LogP) is 19.2. The van der Waals surface area contributed by atoms with Crippen molar-refractivity contribution in [1.29, 1.82) is 0 Å².